The van der Waals surface area contributed by atoms with Gasteiger partial charge in [0.15, 0.2) is 0 Å². The molecule has 0 atom stereocenters. The molecular formula is C12H7BrCl. The summed E-state index contributed by atoms with van der Waals surface area (Å²) in [5.41, 5.74) is 2.11. The van der Waals surface area contributed by atoms with Crippen LogP contribution in [0.1, 0.15) is 0 Å². The highest BCUT2D eigenvalue weighted by molar-refractivity contribution is 9.10. The van der Waals surface area contributed by atoms with Crippen LogP contribution >= 0.6 is 27.5 Å². The van der Waals surface area contributed by atoms with Crippen LogP contribution in [0, 0.1) is 6.07 Å². The zero-order valence-electron chi connectivity index (χ0n) is 7.30. The lowest BCUT2D eigenvalue weighted by molar-refractivity contribution is 1.57. The molecule has 2 rings (SSSR count). The molecule has 0 fully saturated rings. The lowest BCUT2D eigenvalue weighted by Crippen LogP contribution is -1.79. The van der Waals surface area contributed by atoms with E-state index in [9.17, 15) is 0 Å². The Morgan fingerprint density at radius 1 is 1.14 bits per heavy atom. The van der Waals surface area contributed by atoms with Gasteiger partial charge in [-0.1, -0.05) is 51.8 Å². The Balaban J connectivity index is 2.55. The molecule has 0 aliphatic heterocycles. The van der Waals surface area contributed by atoms with Crippen molar-refractivity contribution in [3.8, 4) is 11.1 Å². The summed E-state index contributed by atoms with van der Waals surface area (Å²) in [5, 5.41) is 0.742. The zero-order valence-corrected chi connectivity index (χ0v) is 9.64. The van der Waals surface area contributed by atoms with E-state index in [4.69, 9.17) is 11.6 Å². The molecule has 0 spiro atoms. The minimum absolute atomic E-state index is 0.742. The molecule has 0 bridgehead atoms. The maximum atomic E-state index is 5.92. The fourth-order valence-electron chi connectivity index (χ4n) is 1.28. The van der Waals surface area contributed by atoms with Crippen molar-refractivity contribution in [3.63, 3.8) is 0 Å². The highest BCUT2D eigenvalue weighted by Gasteiger charge is 2.01. The molecule has 0 unspecified atom stereocenters. The summed E-state index contributed by atoms with van der Waals surface area (Å²) in [4.78, 5) is 0. The fourth-order valence-corrected chi connectivity index (χ4v) is 1.97. The molecule has 2 aromatic carbocycles. The van der Waals surface area contributed by atoms with Crippen molar-refractivity contribution in [2.75, 3.05) is 0 Å². The van der Waals surface area contributed by atoms with Gasteiger partial charge in [0.2, 0.25) is 0 Å². The molecule has 69 valence electrons. The summed E-state index contributed by atoms with van der Waals surface area (Å²) in [6, 6.07) is 16.7. The van der Waals surface area contributed by atoms with Crippen molar-refractivity contribution >= 4 is 27.5 Å². The van der Waals surface area contributed by atoms with Gasteiger partial charge in [0.05, 0.1) is 0 Å². The van der Waals surface area contributed by atoms with Crippen molar-refractivity contribution < 1.29 is 0 Å². The largest absolute Gasteiger partial charge is 0.0843 e. The summed E-state index contributed by atoms with van der Waals surface area (Å²) < 4.78 is 1.03. The lowest BCUT2D eigenvalue weighted by atomic mass is 10.1. The van der Waals surface area contributed by atoms with Gasteiger partial charge in [-0.15, -0.1) is 0 Å². The summed E-state index contributed by atoms with van der Waals surface area (Å²) >= 11 is 9.40. The second kappa shape index (κ2) is 4.16. The van der Waals surface area contributed by atoms with Crippen LogP contribution in [-0.2, 0) is 0 Å². The third-order valence-electron chi connectivity index (χ3n) is 1.92. The quantitative estimate of drug-likeness (QED) is 0.709. The first kappa shape index (κ1) is 9.75. The predicted octanol–water partition coefficient (Wildman–Crippen LogP) is 4.57. The van der Waals surface area contributed by atoms with Crippen LogP contribution in [0.25, 0.3) is 11.1 Å². The van der Waals surface area contributed by atoms with E-state index >= 15 is 0 Å². The second-order valence-corrected chi connectivity index (χ2v) is 4.19. The first-order valence-electron chi connectivity index (χ1n) is 4.19. The van der Waals surface area contributed by atoms with E-state index in [0.29, 0.717) is 0 Å². The zero-order chi connectivity index (χ0) is 9.97. The van der Waals surface area contributed by atoms with Crippen molar-refractivity contribution in [1.29, 1.82) is 0 Å². The van der Waals surface area contributed by atoms with Crippen LogP contribution in [0.2, 0.25) is 5.02 Å². The van der Waals surface area contributed by atoms with E-state index in [1.54, 1.807) is 0 Å². The molecule has 0 saturated carbocycles. The smallest absolute Gasteiger partial charge is 0.0412 e. The summed E-state index contributed by atoms with van der Waals surface area (Å²) in [5.74, 6) is 0. The Morgan fingerprint density at radius 2 is 2.00 bits per heavy atom. The number of hydrogen-bond donors (Lipinski definition) is 0. The molecule has 0 amide bonds. The summed E-state index contributed by atoms with van der Waals surface area (Å²) in [6.45, 7) is 0. The van der Waals surface area contributed by atoms with Crippen LogP contribution in [0.3, 0.4) is 0 Å². The molecular weight excluding hydrogens is 259 g/mol. The van der Waals surface area contributed by atoms with Gasteiger partial charge in [0, 0.05) is 15.1 Å². The van der Waals surface area contributed by atoms with Gasteiger partial charge in [-0.05, 0) is 29.8 Å². The first-order chi connectivity index (χ1) is 6.77. The molecule has 0 aliphatic rings. The molecule has 2 heteroatoms. The Hall–Kier alpha value is -0.790. The normalized spacial score (nSPS) is 10.1. The monoisotopic (exact) mass is 265 g/mol. The molecule has 0 aliphatic carbocycles. The van der Waals surface area contributed by atoms with E-state index in [-0.39, 0.29) is 0 Å². The van der Waals surface area contributed by atoms with Gasteiger partial charge in [-0.2, -0.15) is 0 Å². The SMILES string of the molecule is Clc1cccc(-c2[c]cccc2Br)c1. The Bertz CT molecular complexity index is 452. The van der Waals surface area contributed by atoms with Crippen LogP contribution < -0.4 is 0 Å². The van der Waals surface area contributed by atoms with Crippen LogP contribution in [-0.4, -0.2) is 0 Å². The highest BCUT2D eigenvalue weighted by Crippen LogP contribution is 2.28. The number of halogens is 2. The molecule has 0 N–H and O–H groups in total. The van der Waals surface area contributed by atoms with Crippen molar-refractivity contribution in [2.24, 2.45) is 0 Å². The van der Waals surface area contributed by atoms with E-state index < -0.39 is 0 Å². The van der Waals surface area contributed by atoms with Crippen molar-refractivity contribution in [2.45, 2.75) is 0 Å². The van der Waals surface area contributed by atoms with Crippen LogP contribution in [0.4, 0.5) is 0 Å². The Labute approximate surface area is 96.7 Å². The molecule has 14 heavy (non-hydrogen) atoms. The van der Waals surface area contributed by atoms with Gasteiger partial charge in [0.1, 0.15) is 0 Å². The van der Waals surface area contributed by atoms with Gasteiger partial charge in [-0.25, -0.2) is 0 Å². The average Bonchev–Trinajstić information content (AvgIpc) is 2.18. The van der Waals surface area contributed by atoms with E-state index in [1.807, 2.05) is 42.5 Å². The molecule has 1 radical (unpaired) electrons. The molecule has 2 aromatic rings. The molecule has 0 nitrogen and oxygen atoms in total. The maximum absolute atomic E-state index is 5.92. The second-order valence-electron chi connectivity index (χ2n) is 2.90. The number of rotatable bonds is 1. The van der Waals surface area contributed by atoms with Crippen LogP contribution in [0.15, 0.2) is 46.9 Å². The maximum Gasteiger partial charge on any atom is 0.0412 e. The van der Waals surface area contributed by atoms with Gasteiger partial charge in [0.25, 0.3) is 0 Å². The highest BCUT2D eigenvalue weighted by atomic mass is 79.9. The van der Waals surface area contributed by atoms with Gasteiger partial charge in [-0.3, -0.25) is 0 Å². The first-order valence-corrected chi connectivity index (χ1v) is 5.36. The summed E-state index contributed by atoms with van der Waals surface area (Å²) in [6.07, 6.45) is 0. The van der Waals surface area contributed by atoms with Crippen molar-refractivity contribution in [3.05, 3.63) is 58.0 Å². The number of benzene rings is 2. The van der Waals surface area contributed by atoms with E-state index in [0.717, 1.165) is 20.6 Å². The van der Waals surface area contributed by atoms with Gasteiger partial charge < -0.3 is 0 Å². The van der Waals surface area contributed by atoms with E-state index in [1.165, 1.54) is 0 Å². The van der Waals surface area contributed by atoms with Crippen molar-refractivity contribution in [1.82, 2.24) is 0 Å². The standard InChI is InChI=1S/C12H7BrCl/c13-12-7-2-1-6-11(12)9-4-3-5-10(14)8-9/h1-5,7-8H. The third-order valence-corrected chi connectivity index (χ3v) is 2.81. The predicted molar refractivity (Wildman–Crippen MR) is 63.4 cm³/mol. The fraction of sp³-hybridized carbons (Fsp3) is 0. The average molecular weight is 267 g/mol. The Morgan fingerprint density at radius 3 is 2.71 bits per heavy atom. The minimum atomic E-state index is 0.742. The van der Waals surface area contributed by atoms with Crippen LogP contribution in [0.5, 0.6) is 0 Å². The van der Waals surface area contributed by atoms with Gasteiger partial charge >= 0.3 is 0 Å². The third kappa shape index (κ3) is 1.99. The number of hydrogen-bond acceptors (Lipinski definition) is 0. The molecule has 0 aromatic heterocycles. The Kier molecular flexibility index (Phi) is 2.90. The summed E-state index contributed by atoms with van der Waals surface area (Å²) in [7, 11) is 0. The molecule has 0 heterocycles. The van der Waals surface area contributed by atoms with E-state index in [2.05, 4.69) is 22.0 Å². The minimum Gasteiger partial charge on any atom is -0.0843 e. The lowest BCUT2D eigenvalue weighted by Gasteiger charge is -2.03. The molecule has 0 saturated heterocycles. The topological polar surface area (TPSA) is 0 Å².